The molecule has 0 amide bonds. The molecule has 2 nitrogen and oxygen atoms in total. The minimum absolute atomic E-state index is 0.0399. The molecule has 1 aromatic heterocycles. The van der Waals surface area contributed by atoms with Gasteiger partial charge in [0.2, 0.25) is 0 Å². The van der Waals surface area contributed by atoms with Crippen LogP contribution in [0.25, 0.3) is 0 Å². The number of Topliss-reactive ketones (excluding diaryl/α,β-unsaturated/α-hetero) is 1. The molecule has 0 aromatic carbocycles. The molecule has 0 aliphatic carbocycles. The van der Waals surface area contributed by atoms with E-state index in [4.69, 9.17) is 4.74 Å². The number of carbonyl (C=O) groups is 1. The average Bonchev–Trinajstić information content (AvgIpc) is 2.49. The SMILES string of the molecule is COC(C(=O)c1cscc1Br)C(C)(C)C. The number of hydrogen-bond acceptors (Lipinski definition) is 3. The Balaban J connectivity index is 2.98. The number of carbonyl (C=O) groups excluding carboxylic acids is 1. The summed E-state index contributed by atoms with van der Waals surface area (Å²) in [6, 6.07) is 0. The molecule has 4 heteroatoms. The summed E-state index contributed by atoms with van der Waals surface area (Å²) in [6.45, 7) is 6.00. The van der Waals surface area contributed by atoms with Crippen LogP contribution in [0.4, 0.5) is 0 Å². The first-order chi connectivity index (χ1) is 6.88. The Labute approximate surface area is 103 Å². The van der Waals surface area contributed by atoms with Crippen LogP contribution in [0.3, 0.4) is 0 Å². The van der Waals surface area contributed by atoms with Crippen LogP contribution in [-0.2, 0) is 4.74 Å². The van der Waals surface area contributed by atoms with E-state index in [1.807, 2.05) is 31.5 Å². The summed E-state index contributed by atoms with van der Waals surface area (Å²) < 4.78 is 6.14. The molecule has 0 fully saturated rings. The van der Waals surface area contributed by atoms with Gasteiger partial charge in [-0.15, -0.1) is 0 Å². The number of rotatable bonds is 3. The van der Waals surface area contributed by atoms with E-state index in [2.05, 4.69) is 15.9 Å². The number of halogens is 1. The van der Waals surface area contributed by atoms with Gasteiger partial charge in [-0.25, -0.2) is 0 Å². The van der Waals surface area contributed by atoms with E-state index in [1.165, 1.54) is 11.3 Å². The van der Waals surface area contributed by atoms with Gasteiger partial charge in [0.25, 0.3) is 0 Å². The van der Waals surface area contributed by atoms with E-state index in [1.54, 1.807) is 7.11 Å². The first kappa shape index (κ1) is 12.9. The molecule has 84 valence electrons. The lowest BCUT2D eigenvalue weighted by atomic mass is 9.85. The van der Waals surface area contributed by atoms with Crippen LogP contribution in [0.5, 0.6) is 0 Å². The average molecular weight is 291 g/mol. The smallest absolute Gasteiger partial charge is 0.194 e. The highest BCUT2D eigenvalue weighted by atomic mass is 79.9. The van der Waals surface area contributed by atoms with Crippen LogP contribution >= 0.6 is 27.3 Å². The van der Waals surface area contributed by atoms with E-state index in [0.717, 1.165) is 4.47 Å². The van der Waals surface area contributed by atoms with Crippen LogP contribution in [0.15, 0.2) is 15.2 Å². The second-order valence-corrected chi connectivity index (χ2v) is 6.08. The zero-order valence-corrected chi connectivity index (χ0v) is 11.7. The quantitative estimate of drug-likeness (QED) is 0.793. The number of methoxy groups -OCH3 is 1. The summed E-state index contributed by atoms with van der Waals surface area (Å²) >= 11 is 4.87. The van der Waals surface area contributed by atoms with Crippen molar-refractivity contribution < 1.29 is 9.53 Å². The second kappa shape index (κ2) is 4.76. The molecule has 0 saturated carbocycles. The lowest BCUT2D eigenvalue weighted by molar-refractivity contribution is 0.0195. The van der Waals surface area contributed by atoms with Crippen molar-refractivity contribution in [2.45, 2.75) is 26.9 Å². The molecule has 0 radical (unpaired) electrons. The van der Waals surface area contributed by atoms with Crippen molar-refractivity contribution in [3.63, 3.8) is 0 Å². The highest BCUT2D eigenvalue weighted by Crippen LogP contribution is 2.29. The lowest BCUT2D eigenvalue weighted by Gasteiger charge is -2.27. The maximum atomic E-state index is 12.2. The van der Waals surface area contributed by atoms with Gasteiger partial charge < -0.3 is 4.74 Å². The number of hydrogen-bond donors (Lipinski definition) is 0. The van der Waals surface area contributed by atoms with E-state index in [9.17, 15) is 4.79 Å². The zero-order valence-electron chi connectivity index (χ0n) is 9.33. The molecule has 1 atom stereocenters. The van der Waals surface area contributed by atoms with E-state index >= 15 is 0 Å². The van der Waals surface area contributed by atoms with Crippen molar-refractivity contribution in [1.29, 1.82) is 0 Å². The Morgan fingerprint density at radius 1 is 1.47 bits per heavy atom. The van der Waals surface area contributed by atoms with Crippen LogP contribution in [0, 0.1) is 5.41 Å². The monoisotopic (exact) mass is 290 g/mol. The van der Waals surface area contributed by atoms with Crippen molar-refractivity contribution in [2.75, 3.05) is 7.11 Å². The summed E-state index contributed by atoms with van der Waals surface area (Å²) in [5.41, 5.74) is 0.523. The molecular weight excluding hydrogens is 276 g/mol. The molecule has 0 saturated heterocycles. The predicted octanol–water partition coefficient (Wildman–Crippen LogP) is 3.75. The Bertz CT molecular complexity index is 352. The Morgan fingerprint density at radius 2 is 2.07 bits per heavy atom. The molecule has 0 aliphatic rings. The summed E-state index contributed by atoms with van der Waals surface area (Å²) in [7, 11) is 1.58. The summed E-state index contributed by atoms with van der Waals surface area (Å²) in [6.07, 6.45) is -0.400. The minimum Gasteiger partial charge on any atom is -0.373 e. The minimum atomic E-state index is -0.400. The molecule has 1 rings (SSSR count). The Hall–Kier alpha value is -0.190. The van der Waals surface area contributed by atoms with Gasteiger partial charge in [-0.05, 0) is 21.3 Å². The molecule has 1 aromatic rings. The highest BCUT2D eigenvalue weighted by molar-refractivity contribution is 9.10. The maximum Gasteiger partial charge on any atom is 0.194 e. The number of ketones is 1. The molecule has 1 unspecified atom stereocenters. The van der Waals surface area contributed by atoms with Crippen LogP contribution in [-0.4, -0.2) is 19.0 Å². The van der Waals surface area contributed by atoms with Crippen molar-refractivity contribution in [2.24, 2.45) is 5.41 Å². The fraction of sp³-hybridized carbons (Fsp3) is 0.545. The maximum absolute atomic E-state index is 12.2. The summed E-state index contributed by atoms with van der Waals surface area (Å²) in [5, 5.41) is 3.76. The molecule has 0 aliphatic heterocycles. The summed E-state index contributed by atoms with van der Waals surface area (Å²) in [4.78, 5) is 12.2. The van der Waals surface area contributed by atoms with Crippen LogP contribution < -0.4 is 0 Å². The first-order valence-corrected chi connectivity index (χ1v) is 6.40. The highest BCUT2D eigenvalue weighted by Gasteiger charge is 2.32. The van der Waals surface area contributed by atoms with Gasteiger partial charge in [-0.2, -0.15) is 11.3 Å². The standard InChI is InChI=1S/C11H15BrO2S/c1-11(2,3)10(14-4)9(13)7-5-15-6-8(7)12/h5-6,10H,1-4H3. The van der Waals surface area contributed by atoms with Crippen LogP contribution in [0.1, 0.15) is 31.1 Å². The predicted molar refractivity (Wildman–Crippen MR) is 66.6 cm³/mol. The molecular formula is C11H15BrO2S. The van der Waals surface area contributed by atoms with E-state index < -0.39 is 6.10 Å². The molecule has 0 N–H and O–H groups in total. The van der Waals surface area contributed by atoms with E-state index in [-0.39, 0.29) is 11.2 Å². The van der Waals surface area contributed by atoms with Gasteiger partial charge in [0.05, 0.1) is 0 Å². The third-order valence-electron chi connectivity index (χ3n) is 2.14. The molecule has 0 spiro atoms. The Morgan fingerprint density at radius 3 is 2.40 bits per heavy atom. The third-order valence-corrected chi connectivity index (χ3v) is 3.84. The third kappa shape index (κ3) is 2.89. The largest absolute Gasteiger partial charge is 0.373 e. The van der Waals surface area contributed by atoms with Crippen molar-refractivity contribution in [3.8, 4) is 0 Å². The lowest BCUT2D eigenvalue weighted by Crippen LogP contribution is -2.36. The number of thiophene rings is 1. The van der Waals surface area contributed by atoms with Gasteiger partial charge in [0.15, 0.2) is 5.78 Å². The fourth-order valence-corrected chi connectivity index (χ4v) is 2.93. The molecule has 15 heavy (non-hydrogen) atoms. The second-order valence-electron chi connectivity index (χ2n) is 4.48. The van der Waals surface area contributed by atoms with Gasteiger partial charge in [0.1, 0.15) is 6.10 Å². The van der Waals surface area contributed by atoms with Crippen molar-refractivity contribution in [3.05, 3.63) is 20.8 Å². The Kier molecular flexibility index (Phi) is 4.09. The normalized spacial score (nSPS) is 13.9. The van der Waals surface area contributed by atoms with E-state index in [0.29, 0.717) is 5.56 Å². The molecule has 1 heterocycles. The van der Waals surface area contributed by atoms with Crippen molar-refractivity contribution >= 4 is 33.0 Å². The molecule has 0 bridgehead atoms. The van der Waals surface area contributed by atoms with Gasteiger partial charge >= 0.3 is 0 Å². The van der Waals surface area contributed by atoms with Crippen LogP contribution in [0.2, 0.25) is 0 Å². The van der Waals surface area contributed by atoms with Gasteiger partial charge in [-0.3, -0.25) is 4.79 Å². The first-order valence-electron chi connectivity index (χ1n) is 4.66. The van der Waals surface area contributed by atoms with Gasteiger partial charge in [0, 0.05) is 27.9 Å². The van der Waals surface area contributed by atoms with Gasteiger partial charge in [-0.1, -0.05) is 20.8 Å². The zero-order chi connectivity index (χ0) is 11.6. The van der Waals surface area contributed by atoms with Crippen molar-refractivity contribution in [1.82, 2.24) is 0 Å². The summed E-state index contributed by atoms with van der Waals surface area (Å²) in [5.74, 6) is 0.0399. The topological polar surface area (TPSA) is 26.3 Å². The number of ether oxygens (including phenoxy) is 1. The fourth-order valence-electron chi connectivity index (χ4n) is 1.45.